The molecular weight excluding hydrogens is 454 g/mol. The Balaban J connectivity index is 1.36. The largest absolute Gasteiger partial charge is 0.467 e. The first-order valence-corrected chi connectivity index (χ1v) is 12.6. The molecule has 1 aliphatic rings. The number of nitrogens with zero attached hydrogens (tertiary/aromatic N) is 5. The number of rotatable bonds is 8. The van der Waals surface area contributed by atoms with E-state index in [0.29, 0.717) is 38.4 Å². The monoisotopic (exact) mass is 489 g/mol. The first kappa shape index (κ1) is 25.4. The third kappa shape index (κ3) is 6.71. The summed E-state index contributed by atoms with van der Waals surface area (Å²) in [5, 5.41) is 8.89. The van der Waals surface area contributed by atoms with Gasteiger partial charge in [0, 0.05) is 38.2 Å². The van der Waals surface area contributed by atoms with E-state index in [1.165, 1.54) is 5.56 Å². The van der Waals surface area contributed by atoms with Crippen molar-refractivity contribution in [3.63, 3.8) is 0 Å². The topological polar surface area (TPSA) is 82.8 Å². The normalized spacial score (nSPS) is 14.1. The van der Waals surface area contributed by atoms with Gasteiger partial charge in [-0.3, -0.25) is 9.59 Å². The van der Waals surface area contributed by atoms with Crippen molar-refractivity contribution < 1.29 is 14.0 Å². The van der Waals surface area contributed by atoms with Crippen LogP contribution < -0.4 is 4.90 Å². The lowest BCUT2D eigenvalue weighted by atomic mass is 10.1. The number of carbonyl (C=O) groups is 2. The molecule has 1 saturated heterocycles. The summed E-state index contributed by atoms with van der Waals surface area (Å²) in [5.74, 6) is 1.63. The van der Waals surface area contributed by atoms with E-state index >= 15 is 0 Å². The quantitative estimate of drug-likeness (QED) is 0.473. The predicted octanol–water partition coefficient (Wildman–Crippen LogP) is 4.16. The molecule has 0 aliphatic carbocycles. The lowest BCUT2D eigenvalue weighted by molar-refractivity contribution is -0.141. The Kier molecular flexibility index (Phi) is 8.36. The molecule has 0 saturated carbocycles. The second-order valence-electron chi connectivity index (χ2n) is 9.79. The predicted molar refractivity (Wildman–Crippen MR) is 139 cm³/mol. The van der Waals surface area contributed by atoms with Crippen LogP contribution >= 0.6 is 0 Å². The van der Waals surface area contributed by atoms with E-state index in [1.807, 2.05) is 36.9 Å². The van der Waals surface area contributed by atoms with Gasteiger partial charge in [-0.05, 0) is 43.5 Å². The maximum absolute atomic E-state index is 13.2. The van der Waals surface area contributed by atoms with Crippen molar-refractivity contribution in [2.45, 2.75) is 40.2 Å². The Morgan fingerprint density at radius 2 is 1.81 bits per heavy atom. The minimum atomic E-state index is -0.0404. The van der Waals surface area contributed by atoms with Crippen molar-refractivity contribution in [1.82, 2.24) is 20.0 Å². The molecule has 36 heavy (non-hydrogen) atoms. The molecule has 0 unspecified atom stereocenters. The van der Waals surface area contributed by atoms with Crippen molar-refractivity contribution in [3.05, 3.63) is 66.1 Å². The SMILES string of the molecule is Cc1ccc(-c2ccc(N3CCCN(C(=O)CN(Cc4ccco4)C(=O)CC(C)C)CC3)nn2)cc1. The highest BCUT2D eigenvalue weighted by molar-refractivity contribution is 5.85. The highest BCUT2D eigenvalue weighted by Gasteiger charge is 2.25. The van der Waals surface area contributed by atoms with Gasteiger partial charge < -0.3 is 19.1 Å². The number of hydrogen-bond acceptors (Lipinski definition) is 6. The summed E-state index contributed by atoms with van der Waals surface area (Å²) < 4.78 is 5.43. The van der Waals surface area contributed by atoms with E-state index in [-0.39, 0.29) is 24.3 Å². The maximum Gasteiger partial charge on any atom is 0.242 e. The molecule has 0 N–H and O–H groups in total. The van der Waals surface area contributed by atoms with E-state index in [1.54, 1.807) is 17.2 Å². The molecule has 0 bridgehead atoms. The highest BCUT2D eigenvalue weighted by atomic mass is 16.3. The number of furan rings is 1. The highest BCUT2D eigenvalue weighted by Crippen LogP contribution is 2.20. The van der Waals surface area contributed by atoms with Crippen molar-refractivity contribution in [2.75, 3.05) is 37.6 Å². The molecule has 1 fully saturated rings. The van der Waals surface area contributed by atoms with Gasteiger partial charge in [0.15, 0.2) is 5.82 Å². The molecule has 0 spiro atoms. The smallest absolute Gasteiger partial charge is 0.242 e. The average Bonchev–Trinajstić information content (AvgIpc) is 3.25. The molecule has 3 aromatic rings. The fourth-order valence-electron chi connectivity index (χ4n) is 4.33. The molecule has 2 amide bonds. The van der Waals surface area contributed by atoms with Crippen LogP contribution in [0.15, 0.2) is 59.2 Å². The zero-order valence-corrected chi connectivity index (χ0v) is 21.4. The van der Waals surface area contributed by atoms with Crippen LogP contribution in [0.5, 0.6) is 0 Å². The number of amides is 2. The van der Waals surface area contributed by atoms with E-state index < -0.39 is 0 Å². The van der Waals surface area contributed by atoms with Crippen LogP contribution in [0.4, 0.5) is 5.82 Å². The summed E-state index contributed by atoms with van der Waals surface area (Å²) in [6.45, 7) is 9.11. The number of carbonyl (C=O) groups excluding carboxylic acids is 2. The lowest BCUT2D eigenvalue weighted by Crippen LogP contribution is -2.44. The molecule has 2 aromatic heterocycles. The molecule has 0 radical (unpaired) electrons. The summed E-state index contributed by atoms with van der Waals surface area (Å²) in [5.41, 5.74) is 3.09. The van der Waals surface area contributed by atoms with Gasteiger partial charge >= 0.3 is 0 Å². The van der Waals surface area contributed by atoms with Crippen LogP contribution in [-0.2, 0) is 16.1 Å². The summed E-state index contributed by atoms with van der Waals surface area (Å²) in [7, 11) is 0. The Labute approximate surface area is 212 Å². The van der Waals surface area contributed by atoms with Gasteiger partial charge in [-0.1, -0.05) is 43.7 Å². The molecule has 1 aromatic carbocycles. The molecule has 4 rings (SSSR count). The van der Waals surface area contributed by atoms with Crippen molar-refractivity contribution in [2.24, 2.45) is 5.92 Å². The van der Waals surface area contributed by atoms with Gasteiger partial charge in [0.2, 0.25) is 11.8 Å². The summed E-state index contributed by atoms with van der Waals surface area (Å²) in [6.07, 6.45) is 2.81. The van der Waals surface area contributed by atoms with E-state index in [0.717, 1.165) is 30.0 Å². The van der Waals surface area contributed by atoms with Crippen LogP contribution in [-0.4, -0.2) is 64.5 Å². The first-order valence-electron chi connectivity index (χ1n) is 12.6. The minimum Gasteiger partial charge on any atom is -0.467 e. The summed E-state index contributed by atoms with van der Waals surface area (Å²) in [6, 6.07) is 15.8. The second-order valence-corrected chi connectivity index (χ2v) is 9.79. The van der Waals surface area contributed by atoms with E-state index in [4.69, 9.17) is 4.42 Å². The number of benzene rings is 1. The second kappa shape index (κ2) is 11.8. The van der Waals surface area contributed by atoms with Crippen molar-refractivity contribution in [3.8, 4) is 11.3 Å². The molecule has 3 heterocycles. The first-order chi connectivity index (χ1) is 17.4. The van der Waals surface area contributed by atoms with Gasteiger partial charge in [0.1, 0.15) is 12.3 Å². The van der Waals surface area contributed by atoms with Gasteiger partial charge in [-0.25, -0.2) is 0 Å². The molecular formula is C28H35N5O3. The third-order valence-corrected chi connectivity index (χ3v) is 6.36. The van der Waals surface area contributed by atoms with E-state index in [9.17, 15) is 9.59 Å². The van der Waals surface area contributed by atoms with Gasteiger partial charge in [-0.15, -0.1) is 10.2 Å². The maximum atomic E-state index is 13.2. The molecule has 8 heteroatoms. The van der Waals surface area contributed by atoms with Crippen LogP contribution in [0.1, 0.15) is 38.0 Å². The van der Waals surface area contributed by atoms with Gasteiger partial charge in [0.25, 0.3) is 0 Å². The standard InChI is InChI=1S/C28H35N5O3/c1-21(2)18-27(34)33(19-24-6-4-17-36-24)20-28(35)32-14-5-13-31(15-16-32)26-12-11-25(29-30-26)23-9-7-22(3)8-10-23/h4,6-12,17,21H,5,13-16,18-20H2,1-3H3. The number of hydrogen-bond donors (Lipinski definition) is 0. The Bertz CT molecular complexity index is 1130. The zero-order valence-electron chi connectivity index (χ0n) is 21.4. The van der Waals surface area contributed by atoms with Crippen LogP contribution in [0.2, 0.25) is 0 Å². The van der Waals surface area contributed by atoms with Crippen LogP contribution in [0.3, 0.4) is 0 Å². The Morgan fingerprint density at radius 3 is 2.47 bits per heavy atom. The Hall–Kier alpha value is -3.68. The molecule has 8 nitrogen and oxygen atoms in total. The summed E-state index contributed by atoms with van der Waals surface area (Å²) in [4.78, 5) is 31.7. The molecule has 190 valence electrons. The number of aromatic nitrogens is 2. The number of anilines is 1. The van der Waals surface area contributed by atoms with Crippen LogP contribution in [0.25, 0.3) is 11.3 Å². The zero-order chi connectivity index (χ0) is 25.5. The van der Waals surface area contributed by atoms with Gasteiger partial charge in [0.05, 0.1) is 18.5 Å². The number of aryl methyl sites for hydroxylation is 1. The van der Waals surface area contributed by atoms with Crippen LogP contribution in [0, 0.1) is 12.8 Å². The molecule has 0 atom stereocenters. The lowest BCUT2D eigenvalue weighted by Gasteiger charge is -2.27. The van der Waals surface area contributed by atoms with Crippen molar-refractivity contribution in [1.29, 1.82) is 0 Å². The Morgan fingerprint density at radius 1 is 1.00 bits per heavy atom. The summed E-state index contributed by atoms with van der Waals surface area (Å²) >= 11 is 0. The van der Waals surface area contributed by atoms with E-state index in [2.05, 4.69) is 46.3 Å². The average molecular weight is 490 g/mol. The fraction of sp³-hybridized carbons (Fsp3) is 0.429. The fourth-order valence-corrected chi connectivity index (χ4v) is 4.33. The molecule has 1 aliphatic heterocycles. The van der Waals surface area contributed by atoms with Crippen molar-refractivity contribution >= 4 is 17.6 Å². The minimum absolute atomic E-state index is 0.0323. The van der Waals surface area contributed by atoms with Gasteiger partial charge in [-0.2, -0.15) is 0 Å². The third-order valence-electron chi connectivity index (χ3n) is 6.36.